The highest BCUT2D eigenvalue weighted by molar-refractivity contribution is 5.85. The van der Waals surface area contributed by atoms with Crippen LogP contribution in [0.4, 0.5) is 0 Å². The summed E-state index contributed by atoms with van der Waals surface area (Å²) in [6, 6.07) is 12.5. The number of carbonyl (C=O) groups is 1. The molecule has 0 bridgehead atoms. The Hall–Kier alpha value is -1.56. The Labute approximate surface area is 174 Å². The smallest absolute Gasteiger partial charge is 0.224 e. The summed E-state index contributed by atoms with van der Waals surface area (Å²) >= 11 is 0. The highest BCUT2D eigenvalue weighted by atomic mass is 35.5. The van der Waals surface area contributed by atoms with Crippen molar-refractivity contribution >= 4 is 30.7 Å². The third-order valence-corrected chi connectivity index (χ3v) is 5.26. The average molecular weight is 413 g/mol. The van der Waals surface area contributed by atoms with Gasteiger partial charge in [-0.1, -0.05) is 30.3 Å². The van der Waals surface area contributed by atoms with Crippen LogP contribution in [0.2, 0.25) is 0 Å². The molecular formula is C20H30Cl2N4O. The van der Waals surface area contributed by atoms with Crippen molar-refractivity contribution in [2.24, 2.45) is 11.7 Å². The molecule has 0 radical (unpaired) electrons. The second-order valence-corrected chi connectivity index (χ2v) is 7.24. The third kappa shape index (κ3) is 5.24. The Kier molecular flexibility index (Phi) is 8.79. The topological polar surface area (TPSA) is 64.2 Å². The molecule has 2 heterocycles. The second kappa shape index (κ2) is 10.1. The summed E-state index contributed by atoms with van der Waals surface area (Å²) in [7, 11) is 0. The van der Waals surface area contributed by atoms with Gasteiger partial charge in [-0.25, -0.2) is 0 Å². The maximum absolute atomic E-state index is 12.8. The fourth-order valence-corrected chi connectivity index (χ4v) is 3.95. The summed E-state index contributed by atoms with van der Waals surface area (Å²) in [4.78, 5) is 14.8. The van der Waals surface area contributed by atoms with Crippen molar-refractivity contribution in [3.8, 4) is 0 Å². The lowest BCUT2D eigenvalue weighted by molar-refractivity contribution is -0.131. The first kappa shape index (κ1) is 23.5. The number of halogens is 2. The molecule has 2 aromatic rings. The number of nitrogens with two attached hydrogens (primary N) is 1. The molecule has 0 saturated carbocycles. The van der Waals surface area contributed by atoms with E-state index in [1.165, 1.54) is 5.56 Å². The molecule has 27 heavy (non-hydrogen) atoms. The van der Waals surface area contributed by atoms with E-state index in [0.29, 0.717) is 24.8 Å². The molecule has 7 heteroatoms. The monoisotopic (exact) mass is 412 g/mol. The standard InChI is InChI=1S/C20H28N4O.2ClH/c1-14-9-15(2)24(22-14)16(3)10-20(25)23-12-18(11-21)19(13-23)17-7-5-4-6-8-17;;/h4-9,16,18-19H,10-13,21H2,1-3H3;2*1H/t16?,18-,19+;;/m1../s1. The number of rotatable bonds is 5. The molecule has 0 aliphatic carbocycles. The number of aromatic nitrogens is 2. The minimum Gasteiger partial charge on any atom is -0.342 e. The van der Waals surface area contributed by atoms with Gasteiger partial charge < -0.3 is 10.6 Å². The van der Waals surface area contributed by atoms with E-state index in [2.05, 4.69) is 36.3 Å². The van der Waals surface area contributed by atoms with Gasteiger partial charge in [0.15, 0.2) is 0 Å². The van der Waals surface area contributed by atoms with Gasteiger partial charge in [0.05, 0.1) is 11.7 Å². The minimum absolute atomic E-state index is 0. The SMILES string of the molecule is Cc1cc(C)n(C(C)CC(=O)N2C[C@@H](CN)[C@H](c3ccccc3)C2)n1.Cl.Cl. The van der Waals surface area contributed by atoms with Crippen LogP contribution in [-0.2, 0) is 4.79 Å². The zero-order chi connectivity index (χ0) is 18.0. The summed E-state index contributed by atoms with van der Waals surface area (Å²) in [5, 5.41) is 4.51. The highest BCUT2D eigenvalue weighted by Gasteiger charge is 2.35. The Morgan fingerprint density at radius 2 is 1.89 bits per heavy atom. The molecule has 1 fully saturated rings. The molecule has 1 unspecified atom stereocenters. The highest BCUT2D eigenvalue weighted by Crippen LogP contribution is 2.32. The first-order valence-electron chi connectivity index (χ1n) is 9.05. The largest absolute Gasteiger partial charge is 0.342 e. The van der Waals surface area contributed by atoms with E-state index in [0.717, 1.165) is 24.5 Å². The van der Waals surface area contributed by atoms with Crippen LogP contribution in [-0.4, -0.2) is 40.2 Å². The van der Waals surface area contributed by atoms with Gasteiger partial charge in [0.1, 0.15) is 0 Å². The molecule has 1 saturated heterocycles. The van der Waals surface area contributed by atoms with Crippen molar-refractivity contribution in [3.05, 3.63) is 53.3 Å². The van der Waals surface area contributed by atoms with Crippen LogP contribution in [0.3, 0.4) is 0 Å². The summed E-state index contributed by atoms with van der Waals surface area (Å²) in [5.41, 5.74) is 9.35. The van der Waals surface area contributed by atoms with E-state index >= 15 is 0 Å². The van der Waals surface area contributed by atoms with Crippen LogP contribution in [0.1, 0.15) is 42.3 Å². The fourth-order valence-electron chi connectivity index (χ4n) is 3.95. The fraction of sp³-hybridized carbons (Fsp3) is 0.500. The van der Waals surface area contributed by atoms with Gasteiger partial charge in [0.25, 0.3) is 0 Å². The minimum atomic E-state index is 0. The molecule has 1 aliphatic rings. The molecule has 1 amide bonds. The van der Waals surface area contributed by atoms with Crippen LogP contribution in [0.5, 0.6) is 0 Å². The van der Waals surface area contributed by atoms with E-state index in [9.17, 15) is 4.79 Å². The lowest BCUT2D eigenvalue weighted by atomic mass is 9.89. The molecule has 5 nitrogen and oxygen atoms in total. The Morgan fingerprint density at radius 3 is 2.44 bits per heavy atom. The van der Waals surface area contributed by atoms with Crippen LogP contribution in [0.15, 0.2) is 36.4 Å². The number of hydrogen-bond acceptors (Lipinski definition) is 3. The van der Waals surface area contributed by atoms with Crippen molar-refractivity contribution in [1.82, 2.24) is 14.7 Å². The van der Waals surface area contributed by atoms with Crippen molar-refractivity contribution in [3.63, 3.8) is 0 Å². The summed E-state index contributed by atoms with van der Waals surface area (Å²) in [6.45, 7) is 8.19. The van der Waals surface area contributed by atoms with Gasteiger partial charge >= 0.3 is 0 Å². The number of carbonyl (C=O) groups excluding carboxylic acids is 1. The van der Waals surface area contributed by atoms with Crippen molar-refractivity contribution < 1.29 is 4.79 Å². The molecule has 1 aromatic carbocycles. The van der Waals surface area contributed by atoms with E-state index in [1.54, 1.807) is 0 Å². The van der Waals surface area contributed by atoms with Gasteiger partial charge in [-0.15, -0.1) is 24.8 Å². The molecule has 2 N–H and O–H groups in total. The Balaban J connectivity index is 0.00000182. The molecule has 0 spiro atoms. The average Bonchev–Trinajstić information content (AvgIpc) is 3.18. The van der Waals surface area contributed by atoms with Crippen molar-refractivity contribution in [2.75, 3.05) is 19.6 Å². The summed E-state index contributed by atoms with van der Waals surface area (Å²) in [6.07, 6.45) is 0.473. The van der Waals surface area contributed by atoms with Crippen molar-refractivity contribution in [2.45, 2.75) is 39.2 Å². The number of aryl methyl sites for hydroxylation is 2. The maximum Gasteiger partial charge on any atom is 0.224 e. The van der Waals surface area contributed by atoms with E-state index in [-0.39, 0.29) is 36.8 Å². The normalized spacial score (nSPS) is 19.9. The number of benzene rings is 1. The van der Waals surface area contributed by atoms with Crippen LogP contribution >= 0.6 is 24.8 Å². The van der Waals surface area contributed by atoms with Gasteiger partial charge in [-0.2, -0.15) is 5.10 Å². The van der Waals surface area contributed by atoms with Crippen LogP contribution in [0.25, 0.3) is 0 Å². The summed E-state index contributed by atoms with van der Waals surface area (Å²) < 4.78 is 1.96. The lowest BCUT2D eigenvalue weighted by Gasteiger charge is -2.20. The lowest BCUT2D eigenvalue weighted by Crippen LogP contribution is -2.31. The molecule has 1 aromatic heterocycles. The number of likely N-dealkylation sites (tertiary alicyclic amines) is 1. The second-order valence-electron chi connectivity index (χ2n) is 7.24. The van der Waals surface area contributed by atoms with Gasteiger partial charge in [-0.3, -0.25) is 9.48 Å². The zero-order valence-corrected chi connectivity index (χ0v) is 17.8. The molecule has 1 aliphatic heterocycles. The van der Waals surface area contributed by atoms with Gasteiger partial charge in [-0.05, 0) is 44.9 Å². The molecule has 3 rings (SSSR count). The maximum atomic E-state index is 12.8. The van der Waals surface area contributed by atoms with E-state index in [4.69, 9.17) is 5.73 Å². The quantitative estimate of drug-likeness (QED) is 0.816. The van der Waals surface area contributed by atoms with Gasteiger partial charge in [0, 0.05) is 31.1 Å². The van der Waals surface area contributed by atoms with Crippen LogP contribution in [0, 0.1) is 19.8 Å². The number of amides is 1. The first-order valence-corrected chi connectivity index (χ1v) is 9.05. The number of hydrogen-bond donors (Lipinski definition) is 1. The Morgan fingerprint density at radius 1 is 1.22 bits per heavy atom. The predicted molar refractivity (Wildman–Crippen MR) is 114 cm³/mol. The molecule has 3 atom stereocenters. The molecular weight excluding hydrogens is 383 g/mol. The third-order valence-electron chi connectivity index (χ3n) is 5.26. The zero-order valence-electron chi connectivity index (χ0n) is 16.2. The van der Waals surface area contributed by atoms with Crippen molar-refractivity contribution in [1.29, 1.82) is 0 Å². The molecule has 150 valence electrons. The van der Waals surface area contributed by atoms with E-state index < -0.39 is 0 Å². The Bertz CT molecular complexity index is 735. The van der Waals surface area contributed by atoms with E-state index in [1.807, 2.05) is 35.6 Å². The predicted octanol–water partition coefficient (Wildman–Crippen LogP) is 3.50. The van der Waals surface area contributed by atoms with Crippen LogP contribution < -0.4 is 5.73 Å². The number of nitrogens with zero attached hydrogens (tertiary/aromatic N) is 3. The van der Waals surface area contributed by atoms with Gasteiger partial charge in [0.2, 0.25) is 5.91 Å². The first-order chi connectivity index (χ1) is 12.0. The summed E-state index contributed by atoms with van der Waals surface area (Å²) in [5.74, 6) is 0.853.